The Kier molecular flexibility index (Phi) is 7.28. The molecule has 0 saturated carbocycles. The van der Waals surface area contributed by atoms with Gasteiger partial charge in [0.1, 0.15) is 12.4 Å². The maximum Gasteiger partial charge on any atom is 0.352 e. The summed E-state index contributed by atoms with van der Waals surface area (Å²) in [5.74, 6) is -0.442. The van der Waals surface area contributed by atoms with Crippen molar-refractivity contribution in [2.24, 2.45) is 4.99 Å². The summed E-state index contributed by atoms with van der Waals surface area (Å²) in [7, 11) is -1.23. The van der Waals surface area contributed by atoms with Gasteiger partial charge in [0.05, 0.1) is 16.7 Å². The Balaban J connectivity index is 1.76. The van der Waals surface area contributed by atoms with Crippen molar-refractivity contribution in [1.29, 1.82) is 0 Å². The molecule has 0 unspecified atom stereocenters. The number of aromatic carboxylic acids is 1. The minimum Gasteiger partial charge on any atom is -0.477 e. The van der Waals surface area contributed by atoms with E-state index in [1.165, 1.54) is 0 Å². The van der Waals surface area contributed by atoms with Gasteiger partial charge in [0.2, 0.25) is 0 Å². The van der Waals surface area contributed by atoms with E-state index in [1.807, 2.05) is 73.7 Å². The van der Waals surface area contributed by atoms with Crippen LogP contribution in [0.5, 0.6) is 0 Å². The number of pyridine rings is 1. The van der Waals surface area contributed by atoms with Crippen LogP contribution in [0.15, 0.2) is 77.8 Å². The smallest absolute Gasteiger partial charge is 0.352 e. The van der Waals surface area contributed by atoms with Crippen molar-refractivity contribution in [3.63, 3.8) is 0 Å². The van der Waals surface area contributed by atoms with Gasteiger partial charge >= 0.3 is 5.97 Å². The van der Waals surface area contributed by atoms with Crippen LogP contribution in [0.4, 0.5) is 5.82 Å². The lowest BCUT2D eigenvalue weighted by molar-refractivity contribution is 0.0630. The van der Waals surface area contributed by atoms with Crippen molar-refractivity contribution in [3.8, 4) is 0 Å². The van der Waals surface area contributed by atoms with Crippen LogP contribution in [-0.2, 0) is 11.5 Å². The fourth-order valence-electron chi connectivity index (χ4n) is 3.82. The van der Waals surface area contributed by atoms with Gasteiger partial charge < -0.3 is 14.4 Å². The molecular weight excluding hydrogens is 454 g/mol. The number of aromatic nitrogens is 2. The number of carboxylic acid groups (broad SMARTS) is 1. The second-order valence-corrected chi connectivity index (χ2v) is 15.5. The van der Waals surface area contributed by atoms with Crippen molar-refractivity contribution in [2.45, 2.75) is 39.3 Å². The molecular formula is C28H31N3O3Si. The summed E-state index contributed by atoms with van der Waals surface area (Å²) in [5.41, 5.74) is 5.12. The molecule has 0 aliphatic carbocycles. The third-order valence-electron chi connectivity index (χ3n) is 5.80. The maximum absolute atomic E-state index is 12.0. The van der Waals surface area contributed by atoms with E-state index in [4.69, 9.17) is 14.7 Å². The van der Waals surface area contributed by atoms with Crippen LogP contribution in [0, 0.1) is 6.92 Å². The largest absolute Gasteiger partial charge is 0.477 e. The molecule has 4 rings (SSSR count). The highest BCUT2D eigenvalue weighted by molar-refractivity contribution is 6.76. The van der Waals surface area contributed by atoms with Crippen LogP contribution in [0.25, 0.3) is 11.0 Å². The van der Waals surface area contributed by atoms with Crippen LogP contribution in [0.2, 0.25) is 25.7 Å². The predicted octanol–water partition coefficient (Wildman–Crippen LogP) is 6.52. The van der Waals surface area contributed by atoms with Crippen LogP contribution in [-0.4, -0.2) is 41.0 Å². The molecule has 35 heavy (non-hydrogen) atoms. The van der Waals surface area contributed by atoms with Crippen LogP contribution in [0.1, 0.15) is 27.2 Å². The average Bonchev–Trinajstić information content (AvgIpc) is 3.18. The molecule has 0 bridgehead atoms. The molecule has 0 amide bonds. The molecule has 0 radical (unpaired) electrons. The Hall–Kier alpha value is -3.55. The molecule has 180 valence electrons. The zero-order chi connectivity index (χ0) is 25.0. The van der Waals surface area contributed by atoms with Gasteiger partial charge in [-0.1, -0.05) is 80.3 Å². The second-order valence-electron chi connectivity index (χ2n) is 9.84. The predicted molar refractivity (Wildman–Crippen MR) is 144 cm³/mol. The van der Waals surface area contributed by atoms with Crippen LogP contribution >= 0.6 is 0 Å². The Morgan fingerprint density at radius 1 is 1.00 bits per heavy atom. The van der Waals surface area contributed by atoms with Gasteiger partial charge in [-0.25, -0.2) is 14.8 Å². The Bertz CT molecular complexity index is 1320. The zero-order valence-corrected chi connectivity index (χ0v) is 21.7. The van der Waals surface area contributed by atoms with Gasteiger partial charge in [0, 0.05) is 25.8 Å². The summed E-state index contributed by atoms with van der Waals surface area (Å²) in [6.07, 6.45) is 0. The number of nitrogens with zero attached hydrogens (tertiary/aromatic N) is 3. The number of ether oxygens (including phenoxy) is 1. The molecule has 0 atom stereocenters. The number of carbonyl (C=O) groups is 1. The fourth-order valence-corrected chi connectivity index (χ4v) is 4.58. The number of aryl methyl sites for hydroxylation is 1. The van der Waals surface area contributed by atoms with E-state index < -0.39 is 14.0 Å². The monoisotopic (exact) mass is 485 g/mol. The third-order valence-corrected chi connectivity index (χ3v) is 7.50. The topological polar surface area (TPSA) is 76.7 Å². The quantitative estimate of drug-likeness (QED) is 0.166. The standard InChI is InChI=1S/C28H31N3O3Si/c1-20-17-24-23(18-25(28(32)33)31(24)19-34-15-16-35(2,3)4)29-27(20)30-26(21-11-7-5-8-12-21)22-13-9-6-10-14-22/h5-14,17-18H,15-16,19H2,1-4H3,(H,32,33). The van der Waals surface area contributed by atoms with E-state index in [2.05, 4.69) is 19.6 Å². The molecule has 7 heteroatoms. The Labute approximate surface area is 206 Å². The zero-order valence-electron chi connectivity index (χ0n) is 20.7. The molecule has 0 fully saturated rings. The Morgan fingerprint density at radius 2 is 1.60 bits per heavy atom. The van der Waals surface area contributed by atoms with Gasteiger partial charge in [-0.05, 0) is 30.7 Å². The van der Waals surface area contributed by atoms with Crippen molar-refractivity contribution in [2.75, 3.05) is 6.61 Å². The first-order valence-corrected chi connectivity index (χ1v) is 15.4. The molecule has 4 aromatic rings. The van der Waals surface area contributed by atoms with E-state index in [0.29, 0.717) is 17.9 Å². The summed E-state index contributed by atoms with van der Waals surface area (Å²) >= 11 is 0. The highest BCUT2D eigenvalue weighted by Gasteiger charge is 2.19. The molecule has 0 spiro atoms. The van der Waals surface area contributed by atoms with Gasteiger partial charge in [0.25, 0.3) is 0 Å². The van der Waals surface area contributed by atoms with Gasteiger partial charge in [-0.2, -0.15) is 0 Å². The van der Waals surface area contributed by atoms with Gasteiger partial charge in [0.15, 0.2) is 5.82 Å². The van der Waals surface area contributed by atoms with Crippen LogP contribution < -0.4 is 0 Å². The minimum atomic E-state index is -1.23. The van der Waals surface area contributed by atoms with E-state index in [9.17, 15) is 9.90 Å². The molecule has 0 saturated heterocycles. The number of carboxylic acids is 1. The first-order valence-electron chi connectivity index (χ1n) is 11.7. The van der Waals surface area contributed by atoms with E-state index >= 15 is 0 Å². The molecule has 1 N–H and O–H groups in total. The first kappa shape index (κ1) is 24.6. The molecule has 0 aliphatic rings. The SMILES string of the molecule is Cc1cc2c(cc(C(=O)O)n2COCC[Si](C)(C)C)nc1N=C(c1ccccc1)c1ccccc1. The van der Waals surface area contributed by atoms with Gasteiger partial charge in [-0.15, -0.1) is 0 Å². The lowest BCUT2D eigenvalue weighted by Gasteiger charge is -2.16. The summed E-state index contributed by atoms with van der Waals surface area (Å²) in [5, 5.41) is 9.81. The normalized spacial score (nSPS) is 11.5. The molecule has 6 nitrogen and oxygen atoms in total. The van der Waals surface area contributed by atoms with Crippen molar-refractivity contribution in [1.82, 2.24) is 9.55 Å². The lowest BCUT2D eigenvalue weighted by atomic mass is 10.0. The summed E-state index contributed by atoms with van der Waals surface area (Å²) in [4.78, 5) is 21.7. The number of rotatable bonds is 9. The molecule has 2 aromatic heterocycles. The van der Waals surface area contributed by atoms with Crippen molar-refractivity contribution < 1.29 is 14.6 Å². The highest BCUT2D eigenvalue weighted by Crippen LogP contribution is 2.27. The molecule has 2 aromatic carbocycles. The van der Waals surface area contributed by atoms with Crippen LogP contribution in [0.3, 0.4) is 0 Å². The number of fused-ring (bicyclic) bond motifs is 1. The number of hydrogen-bond acceptors (Lipinski definition) is 4. The average molecular weight is 486 g/mol. The number of benzene rings is 2. The summed E-state index contributed by atoms with van der Waals surface area (Å²) in [6.45, 7) is 9.61. The number of aliphatic imine (C=N–C) groups is 1. The van der Waals surface area contributed by atoms with E-state index in [0.717, 1.165) is 34.0 Å². The fraction of sp³-hybridized carbons (Fsp3) is 0.250. The maximum atomic E-state index is 12.0. The highest BCUT2D eigenvalue weighted by atomic mass is 28.3. The van der Waals surface area contributed by atoms with Gasteiger partial charge in [-0.3, -0.25) is 0 Å². The van der Waals surface area contributed by atoms with E-state index in [-0.39, 0.29) is 12.4 Å². The second kappa shape index (κ2) is 10.4. The lowest BCUT2D eigenvalue weighted by Crippen LogP contribution is -2.22. The minimum absolute atomic E-state index is 0.160. The summed E-state index contributed by atoms with van der Waals surface area (Å²) in [6, 6.07) is 24.6. The molecule has 2 heterocycles. The number of hydrogen-bond donors (Lipinski definition) is 1. The first-order chi connectivity index (χ1) is 16.7. The molecule has 0 aliphatic heterocycles. The van der Waals surface area contributed by atoms with Crippen molar-refractivity contribution in [3.05, 3.63) is 95.2 Å². The summed E-state index contributed by atoms with van der Waals surface area (Å²) < 4.78 is 7.57. The van der Waals surface area contributed by atoms with Crippen molar-refractivity contribution >= 4 is 36.6 Å². The third kappa shape index (κ3) is 5.93. The Morgan fingerprint density at radius 3 is 2.14 bits per heavy atom. The van der Waals surface area contributed by atoms with E-state index in [1.54, 1.807) is 10.6 Å².